The normalized spacial score (nSPS) is 9.73. The summed E-state index contributed by atoms with van der Waals surface area (Å²) in [6.45, 7) is 1.38. The van der Waals surface area contributed by atoms with E-state index < -0.39 is 24.4 Å². The molecule has 1 aromatic rings. The van der Waals surface area contributed by atoms with Gasteiger partial charge in [0, 0.05) is 0 Å². The van der Waals surface area contributed by atoms with Gasteiger partial charge in [0.1, 0.15) is 0 Å². The summed E-state index contributed by atoms with van der Waals surface area (Å²) < 4.78 is 15.3. The first-order chi connectivity index (χ1) is 10.5. The summed E-state index contributed by atoms with van der Waals surface area (Å²) in [5.74, 6) is -1.12. The molecule has 22 heavy (non-hydrogen) atoms. The molecule has 8 heteroatoms. The van der Waals surface area contributed by atoms with E-state index in [9.17, 15) is 14.4 Å². The molecule has 0 fully saturated rings. The summed E-state index contributed by atoms with van der Waals surface area (Å²) in [7, 11) is 1.49. The molecule has 0 spiro atoms. The fourth-order valence-corrected chi connectivity index (χ4v) is 1.52. The second kappa shape index (κ2) is 8.50. The molecule has 0 unspecified atom stereocenters. The third-order valence-corrected chi connectivity index (χ3v) is 2.49. The summed E-state index contributed by atoms with van der Waals surface area (Å²) in [5.41, 5.74) is 5.09. The van der Waals surface area contributed by atoms with E-state index in [2.05, 4.69) is 5.32 Å². The molecule has 1 aromatic carbocycles. The molecule has 0 heterocycles. The zero-order valence-corrected chi connectivity index (χ0v) is 12.4. The minimum atomic E-state index is -0.696. The number of hydrogen-bond acceptors (Lipinski definition) is 6. The van der Waals surface area contributed by atoms with Gasteiger partial charge in [-0.25, -0.2) is 4.79 Å². The maximum Gasteiger partial charge on any atom is 0.338 e. The number of methoxy groups -OCH3 is 1. The second-order valence-corrected chi connectivity index (χ2v) is 4.12. The first kappa shape index (κ1) is 17.3. The van der Waals surface area contributed by atoms with Gasteiger partial charge in [0.15, 0.2) is 18.1 Å². The number of hydrogen-bond donors (Lipinski definition) is 2. The SMILES string of the molecule is CCOc1cc(C(=O)OCC(=O)NCC(N)=O)ccc1OC. The highest BCUT2D eigenvalue weighted by Crippen LogP contribution is 2.28. The van der Waals surface area contributed by atoms with Crippen LogP contribution in [-0.4, -0.2) is 44.7 Å². The van der Waals surface area contributed by atoms with Crippen molar-refractivity contribution in [2.75, 3.05) is 26.9 Å². The quantitative estimate of drug-likeness (QED) is 0.645. The first-order valence-corrected chi connectivity index (χ1v) is 6.50. The van der Waals surface area contributed by atoms with Crippen LogP contribution >= 0.6 is 0 Å². The molecule has 1 rings (SSSR count). The van der Waals surface area contributed by atoms with Crippen LogP contribution in [0.3, 0.4) is 0 Å². The number of esters is 1. The highest BCUT2D eigenvalue weighted by molar-refractivity contribution is 5.92. The Bertz CT molecular complexity index is 558. The van der Waals surface area contributed by atoms with Crippen LogP contribution in [0.4, 0.5) is 0 Å². The third-order valence-electron chi connectivity index (χ3n) is 2.49. The van der Waals surface area contributed by atoms with Crippen molar-refractivity contribution in [2.24, 2.45) is 5.73 Å². The maximum atomic E-state index is 11.9. The standard InChI is InChI=1S/C14H18N2O6/c1-3-21-11-6-9(4-5-10(11)20-2)14(19)22-8-13(18)16-7-12(15)17/h4-6H,3,7-8H2,1-2H3,(H2,15,17)(H,16,18). The molecular weight excluding hydrogens is 292 g/mol. The van der Waals surface area contributed by atoms with Crippen molar-refractivity contribution in [1.29, 1.82) is 0 Å². The van der Waals surface area contributed by atoms with E-state index in [0.29, 0.717) is 18.1 Å². The minimum Gasteiger partial charge on any atom is -0.493 e. The van der Waals surface area contributed by atoms with E-state index >= 15 is 0 Å². The van der Waals surface area contributed by atoms with E-state index in [-0.39, 0.29) is 12.1 Å². The number of nitrogens with one attached hydrogen (secondary N) is 1. The van der Waals surface area contributed by atoms with Gasteiger partial charge >= 0.3 is 5.97 Å². The summed E-state index contributed by atoms with van der Waals surface area (Å²) in [6, 6.07) is 4.52. The molecular formula is C14H18N2O6. The van der Waals surface area contributed by atoms with Crippen LogP contribution in [0.15, 0.2) is 18.2 Å². The van der Waals surface area contributed by atoms with Crippen LogP contribution in [-0.2, 0) is 14.3 Å². The number of ether oxygens (including phenoxy) is 3. The molecule has 8 nitrogen and oxygen atoms in total. The Morgan fingerprint density at radius 1 is 1.23 bits per heavy atom. The van der Waals surface area contributed by atoms with Gasteiger partial charge in [0.2, 0.25) is 5.91 Å². The summed E-state index contributed by atoms with van der Waals surface area (Å²) in [4.78, 5) is 33.7. The van der Waals surface area contributed by atoms with Crippen LogP contribution in [0.5, 0.6) is 11.5 Å². The van der Waals surface area contributed by atoms with Crippen LogP contribution in [0.2, 0.25) is 0 Å². The Labute approximate surface area is 127 Å². The van der Waals surface area contributed by atoms with Crippen LogP contribution in [0.25, 0.3) is 0 Å². The Morgan fingerprint density at radius 2 is 1.95 bits per heavy atom. The number of carbonyl (C=O) groups excluding carboxylic acids is 3. The molecule has 120 valence electrons. The van der Waals surface area contributed by atoms with E-state index in [4.69, 9.17) is 19.9 Å². The zero-order valence-electron chi connectivity index (χ0n) is 12.4. The maximum absolute atomic E-state index is 11.9. The minimum absolute atomic E-state index is 0.215. The Kier molecular flexibility index (Phi) is 6.68. The average Bonchev–Trinajstić information content (AvgIpc) is 2.50. The predicted octanol–water partition coefficient (Wildman–Crippen LogP) is -0.148. The van der Waals surface area contributed by atoms with E-state index in [1.807, 2.05) is 0 Å². The molecule has 3 N–H and O–H groups in total. The predicted molar refractivity (Wildman–Crippen MR) is 76.6 cm³/mol. The zero-order chi connectivity index (χ0) is 16.5. The van der Waals surface area contributed by atoms with Crippen molar-refractivity contribution in [3.63, 3.8) is 0 Å². The summed E-state index contributed by atoms with van der Waals surface area (Å²) >= 11 is 0. The number of amides is 2. The van der Waals surface area contributed by atoms with E-state index in [1.165, 1.54) is 19.2 Å². The lowest BCUT2D eigenvalue weighted by molar-refractivity contribution is -0.127. The van der Waals surface area contributed by atoms with E-state index in [0.717, 1.165) is 0 Å². The van der Waals surface area contributed by atoms with Crippen LogP contribution < -0.4 is 20.5 Å². The van der Waals surface area contributed by atoms with Crippen LogP contribution in [0.1, 0.15) is 17.3 Å². The fourth-order valence-electron chi connectivity index (χ4n) is 1.52. The molecule has 0 atom stereocenters. The Balaban J connectivity index is 2.63. The molecule has 0 radical (unpaired) electrons. The van der Waals surface area contributed by atoms with Crippen molar-refractivity contribution in [1.82, 2.24) is 5.32 Å². The second-order valence-electron chi connectivity index (χ2n) is 4.12. The summed E-state index contributed by atoms with van der Waals surface area (Å²) in [6.07, 6.45) is 0. The van der Waals surface area contributed by atoms with Gasteiger partial charge in [-0.3, -0.25) is 9.59 Å². The van der Waals surface area contributed by atoms with Crippen molar-refractivity contribution in [3.8, 4) is 11.5 Å². The van der Waals surface area contributed by atoms with Crippen molar-refractivity contribution >= 4 is 17.8 Å². The highest BCUT2D eigenvalue weighted by Gasteiger charge is 2.14. The Morgan fingerprint density at radius 3 is 2.55 bits per heavy atom. The van der Waals surface area contributed by atoms with Gasteiger partial charge in [0.05, 0.1) is 25.8 Å². The molecule has 0 saturated heterocycles. The molecule has 2 amide bonds. The number of nitrogens with two attached hydrogens (primary N) is 1. The van der Waals surface area contributed by atoms with E-state index in [1.54, 1.807) is 13.0 Å². The van der Waals surface area contributed by atoms with Gasteiger partial charge in [-0.05, 0) is 25.1 Å². The van der Waals surface area contributed by atoms with Gasteiger partial charge in [-0.1, -0.05) is 0 Å². The summed E-state index contributed by atoms with van der Waals surface area (Å²) in [5, 5.41) is 2.20. The highest BCUT2D eigenvalue weighted by atomic mass is 16.5. The van der Waals surface area contributed by atoms with Crippen molar-refractivity contribution in [3.05, 3.63) is 23.8 Å². The molecule has 0 aromatic heterocycles. The molecule has 0 bridgehead atoms. The Hall–Kier alpha value is -2.77. The monoisotopic (exact) mass is 310 g/mol. The van der Waals surface area contributed by atoms with Gasteiger partial charge in [-0.2, -0.15) is 0 Å². The molecule has 0 aliphatic heterocycles. The number of benzene rings is 1. The first-order valence-electron chi connectivity index (χ1n) is 6.50. The average molecular weight is 310 g/mol. The molecule has 0 saturated carbocycles. The van der Waals surface area contributed by atoms with Crippen molar-refractivity contribution in [2.45, 2.75) is 6.92 Å². The molecule has 0 aliphatic rings. The van der Waals surface area contributed by atoms with Crippen LogP contribution in [0, 0.1) is 0 Å². The third kappa shape index (κ3) is 5.31. The number of carbonyl (C=O) groups is 3. The van der Waals surface area contributed by atoms with Gasteiger partial charge in [-0.15, -0.1) is 0 Å². The van der Waals surface area contributed by atoms with Crippen molar-refractivity contribution < 1.29 is 28.6 Å². The number of rotatable bonds is 8. The lowest BCUT2D eigenvalue weighted by Gasteiger charge is -2.11. The fraction of sp³-hybridized carbons (Fsp3) is 0.357. The molecule has 0 aliphatic carbocycles. The van der Waals surface area contributed by atoms with Gasteiger partial charge < -0.3 is 25.3 Å². The lowest BCUT2D eigenvalue weighted by Crippen LogP contribution is -2.35. The lowest BCUT2D eigenvalue weighted by atomic mass is 10.2. The largest absolute Gasteiger partial charge is 0.493 e. The van der Waals surface area contributed by atoms with Gasteiger partial charge in [0.25, 0.3) is 5.91 Å². The number of primary amides is 1. The topological polar surface area (TPSA) is 117 Å². The smallest absolute Gasteiger partial charge is 0.338 e.